The molecule has 1 rings (SSSR count). The highest BCUT2D eigenvalue weighted by molar-refractivity contribution is 5.98. The lowest BCUT2D eigenvalue weighted by molar-refractivity contribution is -0.137. The molecule has 0 N–H and O–H groups in total. The summed E-state index contributed by atoms with van der Waals surface area (Å²) in [5.41, 5.74) is 0.455. The van der Waals surface area contributed by atoms with E-state index in [1.54, 1.807) is 20.0 Å². The lowest BCUT2D eigenvalue weighted by Gasteiger charge is -2.07. The summed E-state index contributed by atoms with van der Waals surface area (Å²) in [5.74, 6) is 0. The van der Waals surface area contributed by atoms with E-state index in [0.29, 0.717) is 11.3 Å². The number of nitrogens with zero attached hydrogens (tertiary/aromatic N) is 1. The topological polar surface area (TPSA) is 12.4 Å². The zero-order chi connectivity index (χ0) is 12.8. The van der Waals surface area contributed by atoms with Gasteiger partial charge in [-0.25, -0.2) is 0 Å². The van der Waals surface area contributed by atoms with Crippen molar-refractivity contribution in [1.29, 1.82) is 0 Å². The van der Waals surface area contributed by atoms with Crippen LogP contribution in [-0.4, -0.2) is 12.8 Å². The minimum atomic E-state index is -4.29. The van der Waals surface area contributed by atoms with Gasteiger partial charge in [-0.3, -0.25) is 4.99 Å². The molecule has 0 unspecified atom stereocenters. The normalized spacial score (nSPS) is 11.8. The Bertz CT molecular complexity index is 354. The zero-order valence-electron chi connectivity index (χ0n) is 9.89. The van der Waals surface area contributed by atoms with Gasteiger partial charge in [0.25, 0.3) is 0 Å². The molecule has 0 fully saturated rings. The molecule has 0 amide bonds. The number of aliphatic imine (C=N–C) groups is 1. The molecule has 0 aliphatic carbocycles. The van der Waals surface area contributed by atoms with E-state index in [0.717, 1.165) is 12.1 Å². The van der Waals surface area contributed by atoms with E-state index >= 15 is 0 Å². The fraction of sp³-hybridized carbons (Fsp3) is 0.417. The molecule has 0 atom stereocenters. The first-order valence-electron chi connectivity index (χ1n) is 5.06. The molecular formula is C12H16F3N. The van der Waals surface area contributed by atoms with Gasteiger partial charge in [-0.1, -0.05) is 26.0 Å². The predicted octanol–water partition coefficient (Wildman–Crippen LogP) is 4.17. The van der Waals surface area contributed by atoms with Crippen molar-refractivity contribution in [2.75, 3.05) is 7.05 Å². The number of rotatable bonds is 1. The van der Waals surface area contributed by atoms with E-state index in [2.05, 4.69) is 4.99 Å². The fourth-order valence-electron chi connectivity index (χ4n) is 1.05. The molecule has 0 spiro atoms. The second-order valence-electron chi connectivity index (χ2n) is 2.89. The monoisotopic (exact) mass is 231 g/mol. The summed E-state index contributed by atoms with van der Waals surface area (Å²) in [7, 11) is 1.55. The first-order valence-corrected chi connectivity index (χ1v) is 5.06. The van der Waals surface area contributed by atoms with Crippen LogP contribution in [0.1, 0.15) is 31.9 Å². The van der Waals surface area contributed by atoms with E-state index in [-0.39, 0.29) is 0 Å². The fourth-order valence-corrected chi connectivity index (χ4v) is 1.05. The van der Waals surface area contributed by atoms with Crippen molar-refractivity contribution in [3.05, 3.63) is 35.4 Å². The summed E-state index contributed by atoms with van der Waals surface area (Å²) in [5, 5.41) is 0. The number of hydrogen-bond acceptors (Lipinski definition) is 1. The Hall–Kier alpha value is -1.32. The smallest absolute Gasteiger partial charge is 0.293 e. The molecule has 90 valence electrons. The van der Waals surface area contributed by atoms with Gasteiger partial charge in [0.1, 0.15) is 0 Å². The molecule has 0 aromatic heterocycles. The van der Waals surface area contributed by atoms with Gasteiger partial charge in [0.15, 0.2) is 0 Å². The maximum Gasteiger partial charge on any atom is 0.416 e. The van der Waals surface area contributed by atoms with Gasteiger partial charge in [-0.05, 0) is 24.6 Å². The third kappa shape index (κ3) is 4.04. The van der Waals surface area contributed by atoms with Crippen LogP contribution < -0.4 is 0 Å². The minimum absolute atomic E-state index is 0.502. The molecule has 0 aliphatic rings. The van der Waals surface area contributed by atoms with Crippen molar-refractivity contribution >= 4 is 5.71 Å². The quantitative estimate of drug-likeness (QED) is 0.643. The van der Waals surface area contributed by atoms with Crippen LogP contribution in [-0.2, 0) is 6.18 Å². The number of alkyl halides is 3. The van der Waals surface area contributed by atoms with Crippen LogP contribution in [0.4, 0.5) is 13.2 Å². The molecule has 0 saturated carbocycles. The van der Waals surface area contributed by atoms with Gasteiger partial charge in [0, 0.05) is 12.8 Å². The Kier molecular flexibility index (Phi) is 5.78. The van der Waals surface area contributed by atoms with Gasteiger partial charge in [-0.2, -0.15) is 13.2 Å². The van der Waals surface area contributed by atoms with E-state index in [9.17, 15) is 13.2 Å². The molecular weight excluding hydrogens is 215 g/mol. The second-order valence-corrected chi connectivity index (χ2v) is 2.89. The van der Waals surface area contributed by atoms with Crippen LogP contribution in [0.15, 0.2) is 29.3 Å². The van der Waals surface area contributed by atoms with Crippen LogP contribution in [0.5, 0.6) is 0 Å². The molecule has 16 heavy (non-hydrogen) atoms. The summed E-state index contributed by atoms with van der Waals surface area (Å²) in [6, 6.07) is 5.14. The van der Waals surface area contributed by atoms with Gasteiger partial charge in [-0.15, -0.1) is 0 Å². The molecule has 0 heterocycles. The summed E-state index contributed by atoms with van der Waals surface area (Å²) < 4.78 is 36.9. The van der Waals surface area contributed by atoms with E-state index in [4.69, 9.17) is 0 Å². The Balaban J connectivity index is 0.00000106. The molecule has 0 bridgehead atoms. The first-order chi connectivity index (χ1) is 7.45. The standard InChI is InChI=1S/C10H10F3N.C2H6/c1-7(14-2)8-4-3-5-9(6-8)10(11,12)13;1-2/h3-6H,1-2H3;1-2H3. The van der Waals surface area contributed by atoms with Crippen LogP contribution in [0.3, 0.4) is 0 Å². The Morgan fingerprint density at radius 2 is 1.75 bits per heavy atom. The Labute approximate surface area is 94.0 Å². The molecule has 0 saturated heterocycles. The zero-order valence-corrected chi connectivity index (χ0v) is 9.89. The number of benzene rings is 1. The lowest BCUT2D eigenvalue weighted by atomic mass is 10.1. The molecule has 1 aromatic carbocycles. The largest absolute Gasteiger partial charge is 0.416 e. The van der Waals surface area contributed by atoms with Crippen molar-refractivity contribution in [1.82, 2.24) is 0 Å². The van der Waals surface area contributed by atoms with Crippen molar-refractivity contribution in [2.24, 2.45) is 4.99 Å². The van der Waals surface area contributed by atoms with Crippen LogP contribution in [0.2, 0.25) is 0 Å². The third-order valence-electron chi connectivity index (χ3n) is 1.94. The summed E-state index contributed by atoms with van der Waals surface area (Å²) in [6.07, 6.45) is -4.29. The average Bonchev–Trinajstić information content (AvgIpc) is 2.30. The molecule has 4 heteroatoms. The average molecular weight is 231 g/mol. The Morgan fingerprint density at radius 1 is 1.19 bits per heavy atom. The number of halogens is 3. The molecule has 1 aromatic rings. The van der Waals surface area contributed by atoms with Crippen LogP contribution in [0.25, 0.3) is 0 Å². The van der Waals surface area contributed by atoms with Crippen molar-refractivity contribution in [3.8, 4) is 0 Å². The molecule has 1 nitrogen and oxygen atoms in total. The van der Waals surface area contributed by atoms with Crippen molar-refractivity contribution in [3.63, 3.8) is 0 Å². The van der Waals surface area contributed by atoms with Gasteiger partial charge < -0.3 is 0 Å². The summed E-state index contributed by atoms with van der Waals surface area (Å²) in [4.78, 5) is 3.83. The first kappa shape index (κ1) is 14.7. The highest BCUT2D eigenvalue weighted by Gasteiger charge is 2.30. The van der Waals surface area contributed by atoms with E-state index < -0.39 is 11.7 Å². The van der Waals surface area contributed by atoms with Gasteiger partial charge in [0.2, 0.25) is 0 Å². The van der Waals surface area contributed by atoms with E-state index in [1.807, 2.05) is 13.8 Å². The van der Waals surface area contributed by atoms with Gasteiger partial charge in [0.05, 0.1) is 5.56 Å². The highest BCUT2D eigenvalue weighted by atomic mass is 19.4. The van der Waals surface area contributed by atoms with Crippen molar-refractivity contribution in [2.45, 2.75) is 26.9 Å². The summed E-state index contributed by atoms with van der Waals surface area (Å²) in [6.45, 7) is 5.68. The predicted molar refractivity (Wildman–Crippen MR) is 60.9 cm³/mol. The molecule has 0 aliphatic heterocycles. The maximum atomic E-state index is 12.3. The minimum Gasteiger partial charge on any atom is -0.293 e. The molecule has 0 radical (unpaired) electrons. The van der Waals surface area contributed by atoms with Gasteiger partial charge >= 0.3 is 6.18 Å². The van der Waals surface area contributed by atoms with Crippen LogP contribution in [0, 0.1) is 0 Å². The third-order valence-corrected chi connectivity index (χ3v) is 1.94. The highest BCUT2D eigenvalue weighted by Crippen LogP contribution is 2.29. The van der Waals surface area contributed by atoms with E-state index in [1.165, 1.54) is 6.07 Å². The van der Waals surface area contributed by atoms with Crippen molar-refractivity contribution < 1.29 is 13.2 Å². The second kappa shape index (κ2) is 6.30. The maximum absolute atomic E-state index is 12.3. The SMILES string of the molecule is CC.CN=C(C)c1cccc(C(F)(F)F)c1. The Morgan fingerprint density at radius 3 is 2.19 bits per heavy atom. The lowest BCUT2D eigenvalue weighted by Crippen LogP contribution is -2.06. The summed E-state index contributed by atoms with van der Waals surface area (Å²) >= 11 is 0. The number of hydrogen-bond donors (Lipinski definition) is 0. The van der Waals surface area contributed by atoms with Crippen LogP contribution >= 0.6 is 0 Å².